The van der Waals surface area contributed by atoms with E-state index in [-0.39, 0.29) is 12.0 Å². The first-order valence-corrected chi connectivity index (χ1v) is 6.13. The maximum Gasteiger partial charge on any atom is 0.251 e. The van der Waals surface area contributed by atoms with Gasteiger partial charge in [0.25, 0.3) is 5.91 Å². The standard InChI is InChI=1S/C14H19NO3/c1-10-4-6-11(7-5-10)13(16)15-8-12-9-17-14(2,3)18-12/h4-7,12H,8-9H2,1-3H3,(H,15,16). The summed E-state index contributed by atoms with van der Waals surface area (Å²) in [4.78, 5) is 11.9. The largest absolute Gasteiger partial charge is 0.349 e. The number of carbonyl (C=O) groups is 1. The van der Waals surface area contributed by atoms with E-state index in [1.165, 1.54) is 0 Å². The predicted molar refractivity (Wildman–Crippen MR) is 68.4 cm³/mol. The zero-order valence-corrected chi connectivity index (χ0v) is 11.0. The third-order valence-corrected chi connectivity index (χ3v) is 2.87. The maximum absolute atomic E-state index is 11.9. The van der Waals surface area contributed by atoms with Crippen LogP contribution in [0.1, 0.15) is 29.8 Å². The van der Waals surface area contributed by atoms with Crippen molar-refractivity contribution in [3.63, 3.8) is 0 Å². The number of hydrogen-bond acceptors (Lipinski definition) is 3. The van der Waals surface area contributed by atoms with Crippen LogP contribution in [0.25, 0.3) is 0 Å². The van der Waals surface area contributed by atoms with Crippen molar-refractivity contribution in [3.8, 4) is 0 Å². The van der Waals surface area contributed by atoms with Crippen LogP contribution in [-0.4, -0.2) is 30.9 Å². The van der Waals surface area contributed by atoms with Crippen LogP contribution in [0, 0.1) is 6.92 Å². The van der Waals surface area contributed by atoms with E-state index >= 15 is 0 Å². The Balaban J connectivity index is 1.84. The van der Waals surface area contributed by atoms with Crippen LogP contribution in [-0.2, 0) is 9.47 Å². The normalized spacial score (nSPS) is 21.8. The number of benzene rings is 1. The van der Waals surface area contributed by atoms with E-state index in [0.29, 0.717) is 18.7 Å². The second kappa shape index (κ2) is 5.08. The van der Waals surface area contributed by atoms with Gasteiger partial charge in [0, 0.05) is 12.1 Å². The molecule has 18 heavy (non-hydrogen) atoms. The van der Waals surface area contributed by atoms with E-state index in [1.54, 1.807) is 0 Å². The smallest absolute Gasteiger partial charge is 0.251 e. The average molecular weight is 249 g/mol. The molecule has 0 bridgehead atoms. The molecule has 1 heterocycles. The SMILES string of the molecule is Cc1ccc(C(=O)NCC2COC(C)(C)O2)cc1. The molecule has 0 aromatic heterocycles. The zero-order valence-electron chi connectivity index (χ0n) is 11.0. The number of nitrogens with one attached hydrogen (secondary N) is 1. The van der Waals surface area contributed by atoms with Crippen molar-refractivity contribution < 1.29 is 14.3 Å². The first-order chi connectivity index (χ1) is 8.46. The van der Waals surface area contributed by atoms with Gasteiger partial charge in [0.2, 0.25) is 0 Å². The fourth-order valence-corrected chi connectivity index (χ4v) is 1.88. The summed E-state index contributed by atoms with van der Waals surface area (Å²) in [6, 6.07) is 7.49. The van der Waals surface area contributed by atoms with Crippen molar-refractivity contribution in [3.05, 3.63) is 35.4 Å². The monoisotopic (exact) mass is 249 g/mol. The molecule has 1 aromatic rings. The third-order valence-electron chi connectivity index (χ3n) is 2.87. The van der Waals surface area contributed by atoms with E-state index in [4.69, 9.17) is 9.47 Å². The van der Waals surface area contributed by atoms with Crippen molar-refractivity contribution in [2.75, 3.05) is 13.2 Å². The van der Waals surface area contributed by atoms with Gasteiger partial charge in [-0.25, -0.2) is 0 Å². The molecule has 2 rings (SSSR count). The van der Waals surface area contributed by atoms with E-state index in [0.717, 1.165) is 5.56 Å². The van der Waals surface area contributed by atoms with Crippen molar-refractivity contribution in [2.24, 2.45) is 0 Å². The summed E-state index contributed by atoms with van der Waals surface area (Å²) in [6.07, 6.45) is -0.0746. The Kier molecular flexibility index (Phi) is 3.68. The lowest BCUT2D eigenvalue weighted by molar-refractivity contribution is -0.137. The summed E-state index contributed by atoms with van der Waals surface area (Å²) < 4.78 is 11.1. The molecule has 0 saturated carbocycles. The van der Waals surface area contributed by atoms with Crippen molar-refractivity contribution in [1.29, 1.82) is 0 Å². The molecule has 1 N–H and O–H groups in total. The van der Waals surface area contributed by atoms with Gasteiger partial charge in [0.1, 0.15) is 6.10 Å². The number of hydrogen-bond donors (Lipinski definition) is 1. The van der Waals surface area contributed by atoms with Gasteiger partial charge in [-0.3, -0.25) is 4.79 Å². The summed E-state index contributed by atoms with van der Waals surface area (Å²) in [5, 5.41) is 2.85. The lowest BCUT2D eigenvalue weighted by Crippen LogP contribution is -2.34. The Hall–Kier alpha value is -1.39. The minimum Gasteiger partial charge on any atom is -0.349 e. The van der Waals surface area contributed by atoms with Crippen LogP contribution in [0.15, 0.2) is 24.3 Å². The molecule has 1 aliphatic heterocycles. The van der Waals surface area contributed by atoms with Crippen LogP contribution in [0.5, 0.6) is 0 Å². The highest BCUT2D eigenvalue weighted by molar-refractivity contribution is 5.94. The molecule has 1 amide bonds. The molecular weight excluding hydrogens is 230 g/mol. The van der Waals surface area contributed by atoms with Crippen molar-refractivity contribution >= 4 is 5.91 Å². The Labute approximate surface area is 107 Å². The van der Waals surface area contributed by atoms with Crippen molar-refractivity contribution in [2.45, 2.75) is 32.7 Å². The summed E-state index contributed by atoms with van der Waals surface area (Å²) >= 11 is 0. The minimum atomic E-state index is -0.542. The molecule has 98 valence electrons. The zero-order chi connectivity index (χ0) is 13.2. The fraction of sp³-hybridized carbons (Fsp3) is 0.500. The second-order valence-corrected chi connectivity index (χ2v) is 5.03. The Morgan fingerprint density at radius 1 is 1.39 bits per heavy atom. The molecule has 1 atom stereocenters. The van der Waals surface area contributed by atoms with Crippen molar-refractivity contribution in [1.82, 2.24) is 5.32 Å². The fourth-order valence-electron chi connectivity index (χ4n) is 1.88. The number of ether oxygens (including phenoxy) is 2. The lowest BCUT2D eigenvalue weighted by atomic mass is 10.1. The van der Waals surface area contributed by atoms with Gasteiger partial charge >= 0.3 is 0 Å². The van der Waals surface area contributed by atoms with Gasteiger partial charge in [-0.1, -0.05) is 17.7 Å². The van der Waals surface area contributed by atoms with Crippen LogP contribution in [0.3, 0.4) is 0 Å². The number of amides is 1. The lowest BCUT2D eigenvalue weighted by Gasteiger charge is -2.17. The van der Waals surface area contributed by atoms with E-state index in [1.807, 2.05) is 45.0 Å². The van der Waals surface area contributed by atoms with Gasteiger partial charge in [0.05, 0.1) is 6.61 Å². The first kappa shape index (κ1) is 13.1. The maximum atomic E-state index is 11.9. The summed E-state index contributed by atoms with van der Waals surface area (Å²) in [6.45, 7) is 6.72. The molecule has 1 aliphatic rings. The Morgan fingerprint density at radius 3 is 2.61 bits per heavy atom. The highest BCUT2D eigenvalue weighted by Crippen LogP contribution is 2.21. The highest BCUT2D eigenvalue weighted by Gasteiger charge is 2.32. The quantitative estimate of drug-likeness (QED) is 0.889. The molecule has 1 saturated heterocycles. The number of carbonyl (C=O) groups excluding carboxylic acids is 1. The molecular formula is C14H19NO3. The van der Waals surface area contributed by atoms with Crippen LogP contribution in [0.4, 0.5) is 0 Å². The van der Waals surface area contributed by atoms with E-state index in [9.17, 15) is 4.79 Å². The van der Waals surface area contributed by atoms with Gasteiger partial charge in [-0.2, -0.15) is 0 Å². The highest BCUT2D eigenvalue weighted by atomic mass is 16.7. The minimum absolute atomic E-state index is 0.0746. The molecule has 0 aliphatic carbocycles. The van der Waals surface area contributed by atoms with Crippen LogP contribution < -0.4 is 5.32 Å². The molecule has 4 nitrogen and oxygen atoms in total. The van der Waals surface area contributed by atoms with Gasteiger partial charge in [-0.05, 0) is 32.9 Å². The van der Waals surface area contributed by atoms with Crippen LogP contribution in [0.2, 0.25) is 0 Å². The third kappa shape index (κ3) is 3.31. The molecule has 1 aromatic carbocycles. The molecule has 0 radical (unpaired) electrons. The Morgan fingerprint density at radius 2 is 2.06 bits per heavy atom. The number of aryl methyl sites for hydroxylation is 1. The first-order valence-electron chi connectivity index (χ1n) is 6.13. The summed E-state index contributed by atoms with van der Waals surface area (Å²) in [5.41, 5.74) is 1.81. The topological polar surface area (TPSA) is 47.6 Å². The molecule has 1 fully saturated rings. The molecule has 1 unspecified atom stereocenters. The van der Waals surface area contributed by atoms with Gasteiger partial charge < -0.3 is 14.8 Å². The predicted octanol–water partition coefficient (Wildman–Crippen LogP) is 1.88. The van der Waals surface area contributed by atoms with Gasteiger partial charge in [0.15, 0.2) is 5.79 Å². The average Bonchev–Trinajstić information content (AvgIpc) is 2.67. The van der Waals surface area contributed by atoms with Gasteiger partial charge in [-0.15, -0.1) is 0 Å². The Bertz CT molecular complexity index is 425. The van der Waals surface area contributed by atoms with E-state index in [2.05, 4.69) is 5.32 Å². The number of rotatable bonds is 3. The summed E-state index contributed by atoms with van der Waals surface area (Å²) in [7, 11) is 0. The molecule has 4 heteroatoms. The van der Waals surface area contributed by atoms with E-state index < -0.39 is 5.79 Å². The summed E-state index contributed by atoms with van der Waals surface area (Å²) in [5.74, 6) is -0.623. The van der Waals surface area contributed by atoms with Crippen LogP contribution >= 0.6 is 0 Å². The second-order valence-electron chi connectivity index (χ2n) is 5.03. The molecule has 0 spiro atoms.